The molecule has 8 heteroatoms. The topological polar surface area (TPSA) is 80.5 Å². The third kappa shape index (κ3) is 2.57. The van der Waals surface area contributed by atoms with Gasteiger partial charge >= 0.3 is 0 Å². The van der Waals surface area contributed by atoms with E-state index >= 15 is 0 Å². The van der Waals surface area contributed by atoms with Crippen LogP contribution in [0.25, 0.3) is 0 Å². The molecule has 0 bridgehead atoms. The number of thiophene rings is 1. The Kier molecular flexibility index (Phi) is 3.52. The van der Waals surface area contributed by atoms with Crippen LogP contribution in [0.1, 0.15) is 11.1 Å². The first-order valence-corrected chi connectivity index (χ1v) is 8.60. The van der Waals surface area contributed by atoms with Crippen LogP contribution in [-0.2, 0) is 23.0 Å². The molecule has 0 unspecified atom stereocenters. The van der Waals surface area contributed by atoms with Crippen LogP contribution in [0, 0.1) is 10.1 Å². The van der Waals surface area contributed by atoms with Gasteiger partial charge in [-0.15, -0.1) is 11.3 Å². The molecule has 0 saturated carbocycles. The highest BCUT2D eigenvalue weighted by Crippen LogP contribution is 2.29. The molecule has 0 amide bonds. The van der Waals surface area contributed by atoms with E-state index in [1.54, 1.807) is 23.6 Å². The summed E-state index contributed by atoms with van der Waals surface area (Å²) in [6, 6.07) is 7.90. The van der Waals surface area contributed by atoms with Crippen LogP contribution in [0.5, 0.6) is 0 Å². The normalized spacial score (nSPS) is 15.6. The van der Waals surface area contributed by atoms with E-state index in [1.807, 2.05) is 0 Å². The summed E-state index contributed by atoms with van der Waals surface area (Å²) < 4.78 is 26.6. The summed E-state index contributed by atoms with van der Waals surface area (Å²) in [6.45, 7) is 0.572. The molecule has 3 rings (SSSR count). The number of hydrogen-bond donors (Lipinski definition) is 0. The molecule has 1 aliphatic rings. The fraction of sp³-hybridized carbons (Fsp3) is 0.231. The lowest BCUT2D eigenvalue weighted by Crippen LogP contribution is -2.35. The van der Waals surface area contributed by atoms with Crippen molar-refractivity contribution in [1.29, 1.82) is 0 Å². The zero-order chi connectivity index (χ0) is 15.0. The molecule has 1 aliphatic heterocycles. The highest BCUT2D eigenvalue weighted by atomic mass is 32.2. The van der Waals surface area contributed by atoms with Crippen molar-refractivity contribution in [2.24, 2.45) is 0 Å². The first kappa shape index (κ1) is 14.2. The number of non-ortho nitro benzene ring substituents is 1. The molecule has 0 atom stereocenters. The van der Waals surface area contributed by atoms with E-state index in [4.69, 9.17) is 0 Å². The van der Waals surface area contributed by atoms with Crippen molar-refractivity contribution in [3.05, 3.63) is 57.0 Å². The second kappa shape index (κ2) is 5.21. The van der Waals surface area contributed by atoms with Crippen molar-refractivity contribution in [3.8, 4) is 0 Å². The van der Waals surface area contributed by atoms with Crippen molar-refractivity contribution < 1.29 is 13.3 Å². The van der Waals surface area contributed by atoms with Crippen LogP contribution >= 0.6 is 11.3 Å². The Morgan fingerprint density at radius 3 is 2.71 bits per heavy atom. The molecule has 110 valence electrons. The number of benzene rings is 1. The van der Waals surface area contributed by atoms with Crippen molar-refractivity contribution in [2.45, 2.75) is 17.2 Å². The molecule has 0 saturated heterocycles. The van der Waals surface area contributed by atoms with Gasteiger partial charge in [-0.1, -0.05) is 12.1 Å². The van der Waals surface area contributed by atoms with Gasteiger partial charge in [-0.05, 0) is 29.0 Å². The van der Waals surface area contributed by atoms with Gasteiger partial charge in [-0.2, -0.15) is 4.31 Å². The minimum atomic E-state index is -3.51. The van der Waals surface area contributed by atoms with Gasteiger partial charge in [0.1, 0.15) is 4.21 Å². The lowest BCUT2D eigenvalue weighted by molar-refractivity contribution is -0.385. The summed E-state index contributed by atoms with van der Waals surface area (Å²) in [4.78, 5) is 10.4. The SMILES string of the molecule is O=[N+]([O-])c1ccc2c(c1)CN(S(=O)(=O)c1cccs1)CC2. The average molecular weight is 324 g/mol. The van der Waals surface area contributed by atoms with E-state index in [9.17, 15) is 18.5 Å². The van der Waals surface area contributed by atoms with E-state index < -0.39 is 14.9 Å². The van der Waals surface area contributed by atoms with E-state index in [-0.39, 0.29) is 12.2 Å². The number of nitro groups is 1. The highest BCUT2D eigenvalue weighted by molar-refractivity contribution is 7.91. The maximum Gasteiger partial charge on any atom is 0.269 e. The van der Waals surface area contributed by atoms with Gasteiger partial charge in [-0.25, -0.2) is 8.42 Å². The zero-order valence-corrected chi connectivity index (χ0v) is 12.6. The van der Waals surface area contributed by atoms with Crippen LogP contribution in [-0.4, -0.2) is 24.2 Å². The third-order valence-electron chi connectivity index (χ3n) is 3.47. The van der Waals surface area contributed by atoms with Gasteiger partial charge in [-0.3, -0.25) is 10.1 Å². The molecule has 1 aromatic heterocycles. The van der Waals surface area contributed by atoms with Crippen LogP contribution in [0.3, 0.4) is 0 Å². The van der Waals surface area contributed by atoms with Crippen LogP contribution < -0.4 is 0 Å². The van der Waals surface area contributed by atoms with Gasteiger partial charge in [0.05, 0.1) is 4.92 Å². The maximum absolute atomic E-state index is 12.5. The number of sulfonamides is 1. The van der Waals surface area contributed by atoms with Gasteiger partial charge in [0.2, 0.25) is 0 Å². The lowest BCUT2D eigenvalue weighted by Gasteiger charge is -2.27. The average Bonchev–Trinajstić information content (AvgIpc) is 3.01. The lowest BCUT2D eigenvalue weighted by atomic mass is 10.0. The minimum Gasteiger partial charge on any atom is -0.258 e. The minimum absolute atomic E-state index is 0.0101. The molecular weight excluding hydrogens is 312 g/mol. The smallest absolute Gasteiger partial charge is 0.258 e. The van der Waals surface area contributed by atoms with Crippen LogP contribution in [0.4, 0.5) is 5.69 Å². The van der Waals surface area contributed by atoms with E-state index in [1.165, 1.54) is 27.8 Å². The fourth-order valence-corrected chi connectivity index (χ4v) is 4.94. The summed E-state index contributed by atoms with van der Waals surface area (Å²) in [5.74, 6) is 0. The monoisotopic (exact) mass is 324 g/mol. The Morgan fingerprint density at radius 2 is 2.05 bits per heavy atom. The molecule has 0 aliphatic carbocycles. The molecule has 21 heavy (non-hydrogen) atoms. The van der Waals surface area contributed by atoms with E-state index in [2.05, 4.69) is 0 Å². The second-order valence-electron chi connectivity index (χ2n) is 4.73. The number of hydrogen-bond acceptors (Lipinski definition) is 5. The molecule has 0 N–H and O–H groups in total. The Bertz CT molecular complexity index is 785. The van der Waals surface area contributed by atoms with Crippen molar-refractivity contribution >= 4 is 27.0 Å². The number of nitro benzene ring substituents is 1. The zero-order valence-electron chi connectivity index (χ0n) is 10.9. The molecular formula is C13H12N2O4S2. The maximum atomic E-state index is 12.5. The quantitative estimate of drug-likeness (QED) is 0.641. The Balaban J connectivity index is 1.94. The molecule has 0 spiro atoms. The summed E-state index contributed by atoms with van der Waals surface area (Å²) in [7, 11) is -3.51. The number of nitrogens with zero attached hydrogens (tertiary/aromatic N) is 2. The Morgan fingerprint density at radius 1 is 1.24 bits per heavy atom. The van der Waals surface area contributed by atoms with Gasteiger partial charge in [0, 0.05) is 25.2 Å². The Labute approximate surface area is 125 Å². The highest BCUT2D eigenvalue weighted by Gasteiger charge is 2.29. The predicted molar refractivity (Wildman–Crippen MR) is 78.7 cm³/mol. The summed E-state index contributed by atoms with van der Waals surface area (Å²) in [5, 5.41) is 12.5. The first-order chi connectivity index (χ1) is 9.98. The van der Waals surface area contributed by atoms with E-state index in [0.29, 0.717) is 22.7 Å². The summed E-state index contributed by atoms with van der Waals surface area (Å²) in [5.41, 5.74) is 1.66. The van der Waals surface area contributed by atoms with Crippen molar-refractivity contribution in [2.75, 3.05) is 6.54 Å². The number of fused-ring (bicyclic) bond motifs is 1. The third-order valence-corrected chi connectivity index (χ3v) is 6.69. The summed E-state index contributed by atoms with van der Waals surface area (Å²) >= 11 is 1.18. The van der Waals surface area contributed by atoms with E-state index in [0.717, 1.165) is 5.56 Å². The standard InChI is InChI=1S/C13H12N2O4S2/c16-15(17)12-4-3-10-5-6-14(9-11(10)8-12)21(18,19)13-2-1-7-20-13/h1-4,7-8H,5-6,9H2. The fourth-order valence-electron chi connectivity index (χ4n) is 2.37. The predicted octanol–water partition coefficient (Wildman–Crippen LogP) is 2.40. The van der Waals surface area contributed by atoms with Crippen molar-refractivity contribution in [3.63, 3.8) is 0 Å². The molecule has 0 radical (unpaired) electrons. The Hall–Kier alpha value is -1.77. The second-order valence-corrected chi connectivity index (χ2v) is 7.84. The van der Waals surface area contributed by atoms with Gasteiger partial charge in [0.15, 0.2) is 0 Å². The summed E-state index contributed by atoms with van der Waals surface area (Å²) in [6.07, 6.45) is 0.567. The molecule has 1 aromatic carbocycles. The first-order valence-electron chi connectivity index (χ1n) is 6.28. The van der Waals surface area contributed by atoms with Crippen molar-refractivity contribution in [1.82, 2.24) is 4.31 Å². The molecule has 6 nitrogen and oxygen atoms in total. The molecule has 0 fully saturated rings. The van der Waals surface area contributed by atoms with Crippen LogP contribution in [0.15, 0.2) is 39.9 Å². The van der Waals surface area contributed by atoms with Crippen LogP contribution in [0.2, 0.25) is 0 Å². The molecule has 2 heterocycles. The van der Waals surface area contributed by atoms with Gasteiger partial charge in [0.25, 0.3) is 15.7 Å². The largest absolute Gasteiger partial charge is 0.269 e. The van der Waals surface area contributed by atoms with Gasteiger partial charge < -0.3 is 0 Å². The number of rotatable bonds is 3. The molecule has 2 aromatic rings.